The minimum atomic E-state index is 0.441. The van der Waals surface area contributed by atoms with Crippen LogP contribution in [0.1, 0.15) is 5.69 Å². The van der Waals surface area contributed by atoms with Gasteiger partial charge in [0, 0.05) is 24.3 Å². The van der Waals surface area contributed by atoms with Gasteiger partial charge in [0.15, 0.2) is 10.6 Å². The molecule has 6 nitrogen and oxygen atoms in total. The molecule has 100 valence electrons. The molecule has 4 aromatic heterocycles. The van der Waals surface area contributed by atoms with Crippen molar-refractivity contribution in [2.24, 2.45) is 5.73 Å². The minimum absolute atomic E-state index is 0.441. The van der Waals surface area contributed by atoms with Crippen LogP contribution in [0.15, 0.2) is 46.2 Å². The maximum Gasteiger partial charge on any atom is 0.201 e. The molecule has 20 heavy (non-hydrogen) atoms. The van der Waals surface area contributed by atoms with Crippen molar-refractivity contribution in [2.45, 2.75) is 16.7 Å². The summed E-state index contributed by atoms with van der Waals surface area (Å²) in [6, 6.07) is 5.82. The van der Waals surface area contributed by atoms with Crippen molar-refractivity contribution in [1.82, 2.24) is 24.0 Å². The SMILES string of the molecule is NCc1c(Sc2nnc3ccccn23)nc2sccn12. The highest BCUT2D eigenvalue weighted by atomic mass is 32.2. The lowest BCUT2D eigenvalue weighted by Crippen LogP contribution is -2.01. The third-order valence-electron chi connectivity index (χ3n) is 2.99. The van der Waals surface area contributed by atoms with Crippen LogP contribution in [0.2, 0.25) is 0 Å². The van der Waals surface area contributed by atoms with Crippen molar-refractivity contribution in [2.75, 3.05) is 0 Å². The van der Waals surface area contributed by atoms with E-state index in [-0.39, 0.29) is 0 Å². The number of hydrogen-bond donors (Lipinski definition) is 1. The Morgan fingerprint density at radius 3 is 3.05 bits per heavy atom. The molecule has 0 amide bonds. The monoisotopic (exact) mass is 302 g/mol. The number of nitrogens with two attached hydrogens (primary N) is 1. The molecule has 4 heterocycles. The van der Waals surface area contributed by atoms with Gasteiger partial charge in [0.2, 0.25) is 5.16 Å². The van der Waals surface area contributed by atoms with Gasteiger partial charge in [-0.25, -0.2) is 4.98 Å². The quantitative estimate of drug-likeness (QED) is 0.627. The molecular formula is C12H10N6S2. The largest absolute Gasteiger partial charge is 0.325 e. The molecule has 0 radical (unpaired) electrons. The van der Waals surface area contributed by atoms with Crippen LogP contribution in [0.3, 0.4) is 0 Å². The fraction of sp³-hybridized carbons (Fsp3) is 0.0833. The van der Waals surface area contributed by atoms with E-state index in [0.29, 0.717) is 6.54 Å². The standard InChI is InChI=1S/C12H10N6S2/c13-7-8-10(14-11-17(8)5-6-19-11)20-12-16-15-9-3-1-2-4-18(9)12/h1-6H,7,13H2. The first-order valence-electron chi connectivity index (χ1n) is 5.99. The summed E-state index contributed by atoms with van der Waals surface area (Å²) in [5.41, 5.74) is 7.67. The Balaban J connectivity index is 1.82. The van der Waals surface area contributed by atoms with Gasteiger partial charge in [0.05, 0.1) is 5.69 Å². The van der Waals surface area contributed by atoms with Crippen LogP contribution in [-0.2, 0) is 6.54 Å². The second-order valence-electron chi connectivity index (χ2n) is 4.14. The number of hydrogen-bond acceptors (Lipinski definition) is 6. The van der Waals surface area contributed by atoms with Gasteiger partial charge < -0.3 is 5.73 Å². The second kappa shape index (κ2) is 4.58. The maximum absolute atomic E-state index is 5.85. The summed E-state index contributed by atoms with van der Waals surface area (Å²) < 4.78 is 3.97. The Labute approximate surface area is 122 Å². The summed E-state index contributed by atoms with van der Waals surface area (Å²) in [5, 5.41) is 12.0. The molecule has 0 saturated carbocycles. The van der Waals surface area contributed by atoms with Crippen LogP contribution >= 0.6 is 23.1 Å². The third-order valence-corrected chi connectivity index (χ3v) is 4.73. The van der Waals surface area contributed by atoms with Crippen LogP contribution in [0.5, 0.6) is 0 Å². The van der Waals surface area contributed by atoms with Gasteiger partial charge in [-0.3, -0.25) is 8.80 Å². The molecule has 0 aromatic carbocycles. The molecular weight excluding hydrogens is 292 g/mol. The first-order valence-corrected chi connectivity index (χ1v) is 7.68. The van der Waals surface area contributed by atoms with Crippen molar-refractivity contribution in [1.29, 1.82) is 0 Å². The van der Waals surface area contributed by atoms with Gasteiger partial charge in [0.1, 0.15) is 5.03 Å². The summed E-state index contributed by atoms with van der Waals surface area (Å²) in [6.07, 6.45) is 3.93. The number of rotatable bonds is 3. The molecule has 0 aliphatic heterocycles. The predicted molar refractivity (Wildman–Crippen MR) is 78.1 cm³/mol. The summed E-state index contributed by atoms with van der Waals surface area (Å²) >= 11 is 3.08. The van der Waals surface area contributed by atoms with E-state index >= 15 is 0 Å². The Bertz CT molecular complexity index is 890. The highest BCUT2D eigenvalue weighted by molar-refractivity contribution is 7.99. The molecule has 0 saturated heterocycles. The van der Waals surface area contributed by atoms with Gasteiger partial charge >= 0.3 is 0 Å². The first-order chi connectivity index (χ1) is 9.86. The third kappa shape index (κ3) is 1.73. The minimum Gasteiger partial charge on any atom is -0.325 e. The van der Waals surface area contributed by atoms with Gasteiger partial charge in [0.25, 0.3) is 0 Å². The van der Waals surface area contributed by atoms with E-state index in [9.17, 15) is 0 Å². The van der Waals surface area contributed by atoms with Crippen LogP contribution in [-0.4, -0.2) is 24.0 Å². The van der Waals surface area contributed by atoms with E-state index in [0.717, 1.165) is 26.5 Å². The smallest absolute Gasteiger partial charge is 0.201 e. The number of thiazole rings is 1. The van der Waals surface area contributed by atoms with Crippen molar-refractivity contribution in [3.05, 3.63) is 41.7 Å². The Hall–Kier alpha value is -1.90. The molecule has 0 bridgehead atoms. The van der Waals surface area contributed by atoms with E-state index < -0.39 is 0 Å². The van der Waals surface area contributed by atoms with Crippen molar-refractivity contribution in [3.8, 4) is 0 Å². The van der Waals surface area contributed by atoms with E-state index in [1.54, 1.807) is 11.3 Å². The molecule has 0 spiro atoms. The average Bonchev–Trinajstić information content (AvgIpc) is 3.14. The lowest BCUT2D eigenvalue weighted by molar-refractivity contribution is 0.899. The Kier molecular flexibility index (Phi) is 2.72. The van der Waals surface area contributed by atoms with Gasteiger partial charge in [-0.2, -0.15) is 0 Å². The van der Waals surface area contributed by atoms with Gasteiger partial charge in [-0.15, -0.1) is 21.5 Å². The fourth-order valence-corrected chi connectivity index (χ4v) is 3.79. The van der Waals surface area contributed by atoms with Gasteiger partial charge in [-0.05, 0) is 23.9 Å². The van der Waals surface area contributed by atoms with E-state index in [2.05, 4.69) is 15.2 Å². The Morgan fingerprint density at radius 2 is 2.15 bits per heavy atom. The van der Waals surface area contributed by atoms with Crippen LogP contribution < -0.4 is 5.73 Å². The molecule has 0 unspecified atom stereocenters. The topological polar surface area (TPSA) is 73.5 Å². The van der Waals surface area contributed by atoms with Crippen molar-refractivity contribution < 1.29 is 0 Å². The van der Waals surface area contributed by atoms with E-state index in [4.69, 9.17) is 5.73 Å². The number of imidazole rings is 1. The number of fused-ring (bicyclic) bond motifs is 2. The lowest BCUT2D eigenvalue weighted by Gasteiger charge is -2.00. The molecule has 0 aliphatic carbocycles. The number of nitrogens with zero attached hydrogens (tertiary/aromatic N) is 5. The van der Waals surface area contributed by atoms with Gasteiger partial charge in [-0.1, -0.05) is 6.07 Å². The van der Waals surface area contributed by atoms with E-state index in [1.165, 1.54) is 11.8 Å². The van der Waals surface area contributed by atoms with Crippen molar-refractivity contribution >= 4 is 33.7 Å². The maximum atomic E-state index is 5.85. The lowest BCUT2D eigenvalue weighted by atomic mass is 10.5. The highest BCUT2D eigenvalue weighted by Gasteiger charge is 2.16. The number of pyridine rings is 1. The summed E-state index contributed by atoms with van der Waals surface area (Å²) in [5.74, 6) is 0. The second-order valence-corrected chi connectivity index (χ2v) is 5.97. The zero-order valence-corrected chi connectivity index (χ0v) is 11.9. The zero-order chi connectivity index (χ0) is 13.5. The van der Waals surface area contributed by atoms with Crippen LogP contribution in [0, 0.1) is 0 Å². The van der Waals surface area contributed by atoms with Crippen LogP contribution in [0.25, 0.3) is 10.6 Å². The summed E-state index contributed by atoms with van der Waals surface area (Å²) in [6.45, 7) is 0.441. The molecule has 0 aliphatic rings. The zero-order valence-electron chi connectivity index (χ0n) is 10.3. The molecule has 4 rings (SSSR count). The Morgan fingerprint density at radius 1 is 1.20 bits per heavy atom. The molecule has 4 aromatic rings. The van der Waals surface area contributed by atoms with Crippen molar-refractivity contribution in [3.63, 3.8) is 0 Å². The predicted octanol–water partition coefficient (Wildman–Crippen LogP) is 2.05. The van der Waals surface area contributed by atoms with Crippen LogP contribution in [0.4, 0.5) is 0 Å². The first kappa shape index (κ1) is 11.9. The molecule has 0 atom stereocenters. The molecule has 0 fully saturated rings. The normalized spacial score (nSPS) is 11.7. The summed E-state index contributed by atoms with van der Waals surface area (Å²) in [4.78, 5) is 5.55. The highest BCUT2D eigenvalue weighted by Crippen LogP contribution is 2.30. The number of aromatic nitrogens is 5. The fourth-order valence-electron chi connectivity index (χ4n) is 2.06. The average molecular weight is 302 g/mol. The molecule has 2 N–H and O–H groups in total. The molecule has 8 heteroatoms. The van der Waals surface area contributed by atoms with E-state index in [1.807, 2.05) is 44.8 Å². The summed E-state index contributed by atoms with van der Waals surface area (Å²) in [7, 11) is 0.